The summed E-state index contributed by atoms with van der Waals surface area (Å²) < 4.78 is 14.3. The van der Waals surface area contributed by atoms with Crippen molar-refractivity contribution >= 4 is 21.6 Å². The van der Waals surface area contributed by atoms with Gasteiger partial charge in [-0.3, -0.25) is 10.1 Å². The highest BCUT2D eigenvalue weighted by Gasteiger charge is 2.17. The van der Waals surface area contributed by atoms with Crippen LogP contribution in [0, 0.1) is 10.1 Å². The number of rotatable bonds is 5. The Morgan fingerprint density at radius 1 is 0.964 bits per heavy atom. The van der Waals surface area contributed by atoms with Crippen molar-refractivity contribution in [1.29, 1.82) is 0 Å². The zero-order valence-corrected chi connectivity index (χ0v) is 16.6. The number of fused-ring (bicyclic) bond motifs is 1. The van der Waals surface area contributed by atoms with Crippen LogP contribution in [0.4, 0.5) is 5.69 Å². The summed E-state index contributed by atoms with van der Waals surface area (Å²) >= 11 is 3.61. The smallest absolute Gasteiger partial charge is 0.269 e. The minimum absolute atomic E-state index is 0.111. The number of non-ortho nitro benzene ring substituents is 1. The predicted octanol–water partition coefficient (Wildman–Crippen LogP) is 4.06. The zero-order chi connectivity index (χ0) is 19.5. The summed E-state index contributed by atoms with van der Waals surface area (Å²) in [6, 6.07) is 14.8. The second-order valence-corrected chi connectivity index (χ2v) is 7.42. The second kappa shape index (κ2) is 7.98. The van der Waals surface area contributed by atoms with Gasteiger partial charge in [0, 0.05) is 34.3 Å². The maximum absolute atomic E-state index is 10.7. The highest BCUT2D eigenvalue weighted by Crippen LogP contribution is 2.35. The summed E-state index contributed by atoms with van der Waals surface area (Å²) in [5, 5.41) is 10.7. The summed E-state index contributed by atoms with van der Waals surface area (Å²) in [5.74, 6) is 1.55. The van der Waals surface area contributed by atoms with Gasteiger partial charge in [0.2, 0.25) is 0 Å². The molecule has 4 rings (SSSR count). The number of nitro benzene ring substituents is 1. The van der Waals surface area contributed by atoms with E-state index in [2.05, 4.69) is 32.6 Å². The van der Waals surface area contributed by atoms with E-state index >= 15 is 0 Å². The first-order valence-electron chi connectivity index (χ1n) is 8.88. The van der Waals surface area contributed by atoms with Crippen molar-refractivity contribution in [3.8, 4) is 11.5 Å². The predicted molar refractivity (Wildman–Crippen MR) is 107 cm³/mol. The molecule has 0 saturated heterocycles. The van der Waals surface area contributed by atoms with Crippen molar-refractivity contribution in [2.75, 3.05) is 13.2 Å². The number of halogens is 1. The Bertz CT molecular complexity index is 1000. The Hall–Kier alpha value is -2.93. The molecule has 6 nitrogen and oxygen atoms in total. The number of benzene rings is 2. The Labute approximate surface area is 170 Å². The lowest BCUT2D eigenvalue weighted by Crippen LogP contribution is -2.33. The molecule has 0 bridgehead atoms. The van der Waals surface area contributed by atoms with Gasteiger partial charge in [-0.2, -0.15) is 0 Å². The lowest BCUT2D eigenvalue weighted by molar-refractivity contribution is -0.688. The minimum atomic E-state index is -0.384. The van der Waals surface area contributed by atoms with Gasteiger partial charge in [-0.1, -0.05) is 28.1 Å². The van der Waals surface area contributed by atoms with E-state index < -0.39 is 0 Å². The van der Waals surface area contributed by atoms with E-state index in [0.717, 1.165) is 39.1 Å². The Morgan fingerprint density at radius 2 is 1.57 bits per heavy atom. The Morgan fingerprint density at radius 3 is 2.21 bits per heavy atom. The van der Waals surface area contributed by atoms with Crippen LogP contribution >= 0.6 is 15.9 Å². The van der Waals surface area contributed by atoms with E-state index in [-0.39, 0.29) is 10.6 Å². The number of nitro groups is 1. The molecule has 2 aromatic carbocycles. The minimum Gasteiger partial charge on any atom is -0.486 e. The number of aromatic nitrogens is 1. The number of hydrogen-bond acceptors (Lipinski definition) is 4. The molecule has 0 fully saturated rings. The van der Waals surface area contributed by atoms with Gasteiger partial charge in [-0.05, 0) is 29.7 Å². The molecule has 0 spiro atoms. The van der Waals surface area contributed by atoms with Crippen LogP contribution in [0.5, 0.6) is 11.5 Å². The van der Waals surface area contributed by atoms with Crippen molar-refractivity contribution in [1.82, 2.24) is 0 Å². The van der Waals surface area contributed by atoms with Crippen LogP contribution in [0.15, 0.2) is 65.4 Å². The van der Waals surface area contributed by atoms with Gasteiger partial charge in [-0.25, -0.2) is 4.57 Å². The maximum atomic E-state index is 10.7. The highest BCUT2D eigenvalue weighted by atomic mass is 79.9. The van der Waals surface area contributed by atoms with Crippen molar-refractivity contribution in [3.63, 3.8) is 0 Å². The molecule has 0 saturated carbocycles. The molecule has 3 aromatic rings. The third-order valence-electron chi connectivity index (χ3n) is 4.58. The van der Waals surface area contributed by atoms with Gasteiger partial charge in [0.05, 0.1) is 4.92 Å². The molecule has 0 radical (unpaired) electrons. The first kappa shape index (κ1) is 18.4. The summed E-state index contributed by atoms with van der Waals surface area (Å²) in [6.07, 6.45) is 4.79. The number of ether oxygens (including phenoxy) is 2. The fourth-order valence-electron chi connectivity index (χ4n) is 3.11. The fraction of sp³-hybridized carbons (Fsp3) is 0.190. The van der Waals surface area contributed by atoms with Gasteiger partial charge in [-0.15, -0.1) is 0 Å². The van der Waals surface area contributed by atoms with Crippen LogP contribution in [0.1, 0.15) is 16.7 Å². The fourth-order valence-corrected chi connectivity index (χ4v) is 3.55. The summed E-state index contributed by atoms with van der Waals surface area (Å²) in [4.78, 5) is 10.4. The number of nitrogens with zero attached hydrogens (tertiary/aromatic N) is 2. The SMILES string of the molecule is O=[N+]([O-])c1ccc(Cc2cc[n+](Cc3cc4c(cc3Br)OCCO4)cc2)cc1. The molecule has 1 aliphatic heterocycles. The molecule has 1 aliphatic rings. The van der Waals surface area contributed by atoms with Crippen LogP contribution in [0.2, 0.25) is 0 Å². The molecule has 7 heteroatoms. The third kappa shape index (κ3) is 4.14. The lowest BCUT2D eigenvalue weighted by atomic mass is 10.1. The van der Waals surface area contributed by atoms with Gasteiger partial charge >= 0.3 is 0 Å². The monoisotopic (exact) mass is 441 g/mol. The Kier molecular flexibility index (Phi) is 5.25. The van der Waals surface area contributed by atoms with Crippen molar-refractivity contribution in [2.45, 2.75) is 13.0 Å². The molecule has 0 N–H and O–H groups in total. The normalized spacial score (nSPS) is 12.6. The molecule has 0 unspecified atom stereocenters. The van der Waals surface area contributed by atoms with Gasteiger partial charge in [0.15, 0.2) is 30.4 Å². The second-order valence-electron chi connectivity index (χ2n) is 6.57. The van der Waals surface area contributed by atoms with Crippen molar-refractivity contribution < 1.29 is 19.0 Å². The van der Waals surface area contributed by atoms with E-state index in [1.54, 1.807) is 12.1 Å². The van der Waals surface area contributed by atoms with Crippen molar-refractivity contribution in [3.05, 3.63) is 92.2 Å². The van der Waals surface area contributed by atoms with E-state index in [1.807, 2.05) is 24.5 Å². The van der Waals surface area contributed by atoms with E-state index in [4.69, 9.17) is 9.47 Å². The molecule has 2 heterocycles. The van der Waals surface area contributed by atoms with E-state index in [1.165, 1.54) is 12.1 Å². The molecule has 142 valence electrons. The molecule has 0 amide bonds. The van der Waals surface area contributed by atoms with Crippen LogP contribution in [0.3, 0.4) is 0 Å². The van der Waals surface area contributed by atoms with Gasteiger partial charge in [0.1, 0.15) is 13.2 Å². The average Bonchev–Trinajstić information content (AvgIpc) is 2.70. The number of hydrogen-bond donors (Lipinski definition) is 0. The molecule has 0 aliphatic carbocycles. The van der Waals surface area contributed by atoms with Crippen LogP contribution in [-0.4, -0.2) is 18.1 Å². The van der Waals surface area contributed by atoms with Crippen molar-refractivity contribution in [2.24, 2.45) is 0 Å². The lowest BCUT2D eigenvalue weighted by Gasteiger charge is -2.19. The van der Waals surface area contributed by atoms with E-state index in [9.17, 15) is 10.1 Å². The summed E-state index contributed by atoms with van der Waals surface area (Å²) in [6.45, 7) is 1.84. The number of pyridine rings is 1. The first-order chi connectivity index (χ1) is 13.6. The first-order valence-corrected chi connectivity index (χ1v) is 9.67. The van der Waals surface area contributed by atoms with Crippen LogP contribution in [0.25, 0.3) is 0 Å². The van der Waals surface area contributed by atoms with Crippen LogP contribution < -0.4 is 14.0 Å². The highest BCUT2D eigenvalue weighted by molar-refractivity contribution is 9.10. The quantitative estimate of drug-likeness (QED) is 0.340. The van der Waals surface area contributed by atoms with Gasteiger partial charge in [0.25, 0.3) is 5.69 Å². The molecule has 0 atom stereocenters. The van der Waals surface area contributed by atoms with Gasteiger partial charge < -0.3 is 9.47 Å². The zero-order valence-electron chi connectivity index (χ0n) is 15.0. The molecular weight excluding hydrogens is 424 g/mol. The summed E-state index contributed by atoms with van der Waals surface area (Å²) in [5.41, 5.74) is 3.40. The maximum Gasteiger partial charge on any atom is 0.269 e. The largest absolute Gasteiger partial charge is 0.486 e. The summed E-state index contributed by atoms with van der Waals surface area (Å²) in [7, 11) is 0. The van der Waals surface area contributed by atoms with Crippen LogP contribution in [-0.2, 0) is 13.0 Å². The standard InChI is InChI=1S/C21H18BrN2O4/c22-19-13-21-20(27-9-10-28-21)12-17(19)14-23-7-5-16(6-8-23)11-15-1-3-18(4-2-15)24(25)26/h1-8,12-13H,9-11,14H2/q+1. The molecule has 1 aromatic heterocycles. The average molecular weight is 442 g/mol. The Balaban J connectivity index is 1.45. The molecular formula is C21H18BrN2O4+. The van der Waals surface area contributed by atoms with E-state index in [0.29, 0.717) is 19.8 Å². The molecule has 28 heavy (non-hydrogen) atoms. The third-order valence-corrected chi connectivity index (χ3v) is 5.32. The topological polar surface area (TPSA) is 65.5 Å².